The van der Waals surface area contributed by atoms with Gasteiger partial charge in [-0.25, -0.2) is 13.2 Å². The topological polar surface area (TPSA) is 82.9 Å². The summed E-state index contributed by atoms with van der Waals surface area (Å²) in [5.74, 6) is 0. The predicted octanol–water partition coefficient (Wildman–Crippen LogP) is 1.93. The highest BCUT2D eigenvalue weighted by molar-refractivity contribution is 9.10. The standard InChI is InChI=1S/C14H16BrN3O4S/c1-16-9-12(15)11-8-10(2-3-13(11)16)23(21,22)18-6-4-17(5-7-18)14(19)20/h2-3,8-9H,4-7H2,1H3,(H,19,20). The summed E-state index contributed by atoms with van der Waals surface area (Å²) in [6.45, 7) is 0.711. The maximum absolute atomic E-state index is 12.8. The Morgan fingerprint density at radius 3 is 2.48 bits per heavy atom. The third kappa shape index (κ3) is 2.84. The van der Waals surface area contributed by atoms with Crippen LogP contribution < -0.4 is 0 Å². The summed E-state index contributed by atoms with van der Waals surface area (Å²) in [6.07, 6.45) is 0.865. The SMILES string of the molecule is Cn1cc(Br)c2cc(S(=O)(=O)N3CCN(C(=O)O)CC3)ccc21. The van der Waals surface area contributed by atoms with Gasteiger partial charge >= 0.3 is 6.09 Å². The number of carboxylic acid groups (broad SMARTS) is 1. The molecule has 23 heavy (non-hydrogen) atoms. The molecule has 0 saturated carbocycles. The van der Waals surface area contributed by atoms with Crippen molar-refractivity contribution in [1.82, 2.24) is 13.8 Å². The van der Waals surface area contributed by atoms with Gasteiger partial charge in [0.15, 0.2) is 0 Å². The van der Waals surface area contributed by atoms with Gasteiger partial charge in [0.05, 0.1) is 4.90 Å². The van der Waals surface area contributed by atoms with Crippen molar-refractivity contribution in [3.05, 3.63) is 28.9 Å². The Morgan fingerprint density at radius 2 is 1.87 bits per heavy atom. The number of piperazine rings is 1. The van der Waals surface area contributed by atoms with Crippen LogP contribution in [0, 0.1) is 0 Å². The molecule has 1 saturated heterocycles. The number of aromatic nitrogens is 1. The van der Waals surface area contributed by atoms with Gasteiger partial charge < -0.3 is 14.6 Å². The lowest BCUT2D eigenvalue weighted by molar-refractivity contribution is 0.126. The Morgan fingerprint density at radius 1 is 1.22 bits per heavy atom. The second-order valence-corrected chi connectivity index (χ2v) is 8.23. The molecule has 1 fully saturated rings. The predicted molar refractivity (Wildman–Crippen MR) is 89.0 cm³/mol. The quantitative estimate of drug-likeness (QED) is 0.832. The van der Waals surface area contributed by atoms with E-state index in [1.54, 1.807) is 18.2 Å². The fourth-order valence-corrected chi connectivity index (χ4v) is 4.83. The van der Waals surface area contributed by atoms with E-state index in [1.165, 1.54) is 9.21 Å². The van der Waals surface area contributed by atoms with E-state index >= 15 is 0 Å². The Kier molecular flexibility index (Phi) is 4.11. The number of sulfonamides is 1. The van der Waals surface area contributed by atoms with Crippen molar-refractivity contribution in [3.63, 3.8) is 0 Å². The number of carbonyl (C=O) groups is 1. The van der Waals surface area contributed by atoms with Crippen molar-refractivity contribution in [2.24, 2.45) is 7.05 Å². The van der Waals surface area contributed by atoms with Gasteiger partial charge in [-0.05, 0) is 34.1 Å². The Labute approximate surface area is 142 Å². The zero-order valence-electron chi connectivity index (χ0n) is 12.4. The molecule has 2 aromatic rings. The molecule has 1 aromatic heterocycles. The summed E-state index contributed by atoms with van der Waals surface area (Å²) in [6, 6.07) is 5.02. The van der Waals surface area contributed by atoms with Crippen molar-refractivity contribution in [2.45, 2.75) is 4.90 Å². The molecule has 1 aliphatic rings. The lowest BCUT2D eigenvalue weighted by Gasteiger charge is -2.32. The van der Waals surface area contributed by atoms with Gasteiger partial charge in [-0.2, -0.15) is 4.31 Å². The number of halogens is 1. The van der Waals surface area contributed by atoms with Crippen LogP contribution in [-0.2, 0) is 17.1 Å². The summed E-state index contributed by atoms with van der Waals surface area (Å²) >= 11 is 3.44. The number of hydrogen-bond donors (Lipinski definition) is 1. The van der Waals surface area contributed by atoms with E-state index in [2.05, 4.69) is 15.9 Å². The molecule has 0 unspecified atom stereocenters. The molecule has 7 nitrogen and oxygen atoms in total. The van der Waals surface area contributed by atoms with E-state index in [-0.39, 0.29) is 31.1 Å². The van der Waals surface area contributed by atoms with Gasteiger partial charge in [-0.1, -0.05) is 0 Å². The van der Waals surface area contributed by atoms with Crippen LogP contribution in [0.15, 0.2) is 33.8 Å². The van der Waals surface area contributed by atoms with E-state index < -0.39 is 16.1 Å². The van der Waals surface area contributed by atoms with Crippen molar-refractivity contribution in [1.29, 1.82) is 0 Å². The third-order valence-corrected chi connectivity index (χ3v) is 6.59. The highest BCUT2D eigenvalue weighted by atomic mass is 79.9. The van der Waals surface area contributed by atoms with Gasteiger partial charge in [0.1, 0.15) is 0 Å². The molecule has 1 N–H and O–H groups in total. The Bertz CT molecular complexity index is 870. The molecule has 0 spiro atoms. The van der Waals surface area contributed by atoms with Crippen LogP contribution in [0.25, 0.3) is 10.9 Å². The molecular weight excluding hydrogens is 386 g/mol. The van der Waals surface area contributed by atoms with E-state index in [0.717, 1.165) is 15.4 Å². The molecule has 3 rings (SSSR count). The molecule has 0 radical (unpaired) electrons. The van der Waals surface area contributed by atoms with Crippen molar-refractivity contribution >= 4 is 42.9 Å². The number of hydrogen-bond acceptors (Lipinski definition) is 3. The maximum atomic E-state index is 12.8. The highest BCUT2D eigenvalue weighted by Gasteiger charge is 2.30. The van der Waals surface area contributed by atoms with Crippen LogP contribution in [-0.4, -0.2) is 59.6 Å². The van der Waals surface area contributed by atoms with Gasteiger partial charge in [-0.3, -0.25) is 0 Å². The lowest BCUT2D eigenvalue weighted by atomic mass is 10.2. The first-order valence-electron chi connectivity index (χ1n) is 7.03. The van der Waals surface area contributed by atoms with Crippen LogP contribution in [0.2, 0.25) is 0 Å². The van der Waals surface area contributed by atoms with Crippen molar-refractivity contribution < 1.29 is 18.3 Å². The Balaban J connectivity index is 1.91. The maximum Gasteiger partial charge on any atom is 0.407 e. The number of aryl methyl sites for hydroxylation is 1. The average Bonchev–Trinajstić information content (AvgIpc) is 2.81. The summed E-state index contributed by atoms with van der Waals surface area (Å²) in [7, 11) is -1.73. The molecule has 1 amide bonds. The molecular formula is C14H16BrN3O4S. The summed E-state index contributed by atoms with van der Waals surface area (Å²) < 4.78 is 29.6. The number of rotatable bonds is 2. The van der Waals surface area contributed by atoms with E-state index in [0.29, 0.717) is 0 Å². The smallest absolute Gasteiger partial charge is 0.407 e. The van der Waals surface area contributed by atoms with Crippen LogP contribution in [0.4, 0.5) is 4.79 Å². The van der Waals surface area contributed by atoms with Crippen LogP contribution >= 0.6 is 15.9 Å². The largest absolute Gasteiger partial charge is 0.465 e. The summed E-state index contributed by atoms with van der Waals surface area (Å²) in [5, 5.41) is 9.78. The van der Waals surface area contributed by atoms with E-state index in [9.17, 15) is 13.2 Å². The first-order valence-corrected chi connectivity index (χ1v) is 9.26. The van der Waals surface area contributed by atoms with Gasteiger partial charge in [0.2, 0.25) is 10.0 Å². The molecule has 1 aromatic carbocycles. The van der Waals surface area contributed by atoms with Gasteiger partial charge in [0.25, 0.3) is 0 Å². The molecule has 1 aliphatic heterocycles. The summed E-state index contributed by atoms with van der Waals surface area (Å²) in [4.78, 5) is 12.4. The minimum Gasteiger partial charge on any atom is -0.465 e. The molecule has 0 atom stereocenters. The normalized spacial score (nSPS) is 16.9. The number of nitrogens with zero attached hydrogens (tertiary/aromatic N) is 3. The molecule has 124 valence electrons. The second-order valence-electron chi connectivity index (χ2n) is 5.44. The zero-order chi connectivity index (χ0) is 16.8. The highest BCUT2D eigenvalue weighted by Crippen LogP contribution is 2.29. The molecule has 0 aliphatic carbocycles. The Hall–Kier alpha value is -1.58. The minimum absolute atomic E-state index is 0.169. The molecule has 9 heteroatoms. The number of benzene rings is 1. The van der Waals surface area contributed by atoms with Gasteiger partial charge in [-0.15, -0.1) is 0 Å². The third-order valence-electron chi connectivity index (χ3n) is 4.06. The van der Waals surface area contributed by atoms with Crippen molar-refractivity contribution in [2.75, 3.05) is 26.2 Å². The molecule has 2 heterocycles. The number of fused-ring (bicyclic) bond motifs is 1. The molecule has 0 bridgehead atoms. The van der Waals surface area contributed by atoms with Crippen LogP contribution in [0.5, 0.6) is 0 Å². The lowest BCUT2D eigenvalue weighted by Crippen LogP contribution is -2.50. The van der Waals surface area contributed by atoms with E-state index in [1.807, 2.05) is 17.8 Å². The average molecular weight is 402 g/mol. The second kappa shape index (κ2) is 5.81. The fourth-order valence-electron chi connectivity index (χ4n) is 2.75. The number of amides is 1. The minimum atomic E-state index is -3.63. The monoisotopic (exact) mass is 401 g/mol. The van der Waals surface area contributed by atoms with Crippen LogP contribution in [0.1, 0.15) is 0 Å². The summed E-state index contributed by atoms with van der Waals surface area (Å²) in [5.41, 5.74) is 0.937. The first-order chi connectivity index (χ1) is 10.8. The fraction of sp³-hybridized carbons (Fsp3) is 0.357. The van der Waals surface area contributed by atoms with Crippen molar-refractivity contribution in [3.8, 4) is 0 Å². The van der Waals surface area contributed by atoms with E-state index in [4.69, 9.17) is 5.11 Å². The first kappa shape index (κ1) is 16.3. The van der Waals surface area contributed by atoms with Crippen LogP contribution in [0.3, 0.4) is 0 Å². The zero-order valence-corrected chi connectivity index (χ0v) is 14.8. The van der Waals surface area contributed by atoms with Gasteiger partial charge in [0, 0.05) is 54.8 Å².